The molecule has 0 fully saturated rings. The molecule has 1 aromatic heterocycles. The summed E-state index contributed by atoms with van der Waals surface area (Å²) in [6.07, 6.45) is 0. The summed E-state index contributed by atoms with van der Waals surface area (Å²) in [7, 11) is 1.54. The van der Waals surface area contributed by atoms with Crippen molar-refractivity contribution in [1.29, 1.82) is 0 Å². The van der Waals surface area contributed by atoms with E-state index in [-0.39, 0.29) is 11.1 Å². The van der Waals surface area contributed by atoms with Crippen LogP contribution >= 0.6 is 27.5 Å². The smallest absolute Gasteiger partial charge is 0.269 e. The highest BCUT2D eigenvalue weighted by Gasteiger charge is 2.06. The van der Waals surface area contributed by atoms with Gasteiger partial charge in [-0.25, -0.2) is 4.98 Å². The van der Waals surface area contributed by atoms with Crippen molar-refractivity contribution in [3.05, 3.63) is 27.5 Å². The molecule has 0 radical (unpaired) electrons. The van der Waals surface area contributed by atoms with Crippen LogP contribution in [0.15, 0.2) is 16.6 Å². The number of amides is 1. The summed E-state index contributed by atoms with van der Waals surface area (Å²) in [4.78, 5) is 14.9. The van der Waals surface area contributed by atoms with Crippen LogP contribution in [0.4, 0.5) is 0 Å². The summed E-state index contributed by atoms with van der Waals surface area (Å²) >= 11 is 8.85. The van der Waals surface area contributed by atoms with Gasteiger partial charge in [-0.2, -0.15) is 0 Å². The van der Waals surface area contributed by atoms with Gasteiger partial charge in [0.1, 0.15) is 10.8 Å². The van der Waals surface area contributed by atoms with E-state index < -0.39 is 0 Å². The van der Waals surface area contributed by atoms with Gasteiger partial charge in [0.2, 0.25) is 0 Å². The number of nitrogens with zero attached hydrogens (tertiary/aromatic N) is 1. The van der Waals surface area contributed by atoms with Crippen molar-refractivity contribution in [2.45, 2.75) is 0 Å². The van der Waals surface area contributed by atoms with Gasteiger partial charge in [0.15, 0.2) is 0 Å². The first-order valence-electron chi connectivity index (χ1n) is 3.19. The van der Waals surface area contributed by atoms with E-state index in [2.05, 4.69) is 26.2 Å². The van der Waals surface area contributed by atoms with Crippen molar-refractivity contribution in [2.24, 2.45) is 0 Å². The van der Waals surface area contributed by atoms with Crippen molar-refractivity contribution >= 4 is 33.4 Å². The molecule has 0 aromatic carbocycles. The lowest BCUT2D eigenvalue weighted by molar-refractivity contribution is 0.0958. The number of pyridine rings is 1. The van der Waals surface area contributed by atoms with Gasteiger partial charge in [0, 0.05) is 7.05 Å². The Bertz CT molecular complexity index is 316. The molecule has 1 aromatic rings. The lowest BCUT2D eigenvalue weighted by Crippen LogP contribution is -2.19. The maximum Gasteiger partial charge on any atom is 0.269 e. The topological polar surface area (TPSA) is 42.0 Å². The molecule has 12 heavy (non-hydrogen) atoms. The number of carbonyl (C=O) groups is 1. The first-order valence-corrected chi connectivity index (χ1v) is 4.36. The molecular formula is C7H6BrClN2O. The van der Waals surface area contributed by atoms with Crippen molar-refractivity contribution in [3.63, 3.8) is 0 Å². The van der Waals surface area contributed by atoms with Crippen molar-refractivity contribution in [2.75, 3.05) is 7.05 Å². The molecule has 3 nitrogen and oxygen atoms in total. The average molecular weight is 249 g/mol. The van der Waals surface area contributed by atoms with Crippen LogP contribution in [-0.4, -0.2) is 17.9 Å². The fraction of sp³-hybridized carbons (Fsp3) is 0.143. The van der Waals surface area contributed by atoms with Gasteiger partial charge in [0.25, 0.3) is 5.91 Å². The average Bonchev–Trinajstić information content (AvgIpc) is 2.08. The lowest BCUT2D eigenvalue weighted by Gasteiger charge is -1.99. The second-order valence-corrected chi connectivity index (χ2v) is 3.26. The predicted octanol–water partition coefficient (Wildman–Crippen LogP) is 1.86. The Morgan fingerprint density at radius 3 is 2.83 bits per heavy atom. The van der Waals surface area contributed by atoms with E-state index in [1.165, 1.54) is 0 Å². The SMILES string of the molecule is CNC(=O)c1ccc(Br)c(Cl)n1. The quantitative estimate of drug-likeness (QED) is 0.772. The summed E-state index contributed by atoms with van der Waals surface area (Å²) in [6, 6.07) is 3.27. The zero-order valence-electron chi connectivity index (χ0n) is 6.27. The Morgan fingerprint density at radius 1 is 1.67 bits per heavy atom. The van der Waals surface area contributed by atoms with Gasteiger partial charge in [-0.05, 0) is 28.1 Å². The molecule has 0 saturated carbocycles. The van der Waals surface area contributed by atoms with Crippen LogP contribution in [0, 0.1) is 0 Å². The summed E-state index contributed by atoms with van der Waals surface area (Å²) in [5.41, 5.74) is 0.311. The third kappa shape index (κ3) is 1.95. The third-order valence-electron chi connectivity index (χ3n) is 1.26. The predicted molar refractivity (Wildman–Crippen MR) is 50.3 cm³/mol. The van der Waals surface area contributed by atoms with Crippen molar-refractivity contribution in [3.8, 4) is 0 Å². The lowest BCUT2D eigenvalue weighted by atomic mass is 10.3. The molecule has 1 heterocycles. The Balaban J connectivity index is 3.05. The number of halogens is 2. The highest BCUT2D eigenvalue weighted by atomic mass is 79.9. The summed E-state index contributed by atoms with van der Waals surface area (Å²) in [5, 5.41) is 2.74. The standard InChI is InChI=1S/C7H6BrClN2O/c1-10-7(12)5-3-2-4(8)6(9)11-5/h2-3H,1H3,(H,10,12). The molecule has 1 N–H and O–H groups in total. The van der Waals surface area contributed by atoms with Crippen LogP contribution in [0.25, 0.3) is 0 Å². The molecule has 0 aliphatic carbocycles. The molecule has 0 aliphatic heterocycles. The monoisotopic (exact) mass is 248 g/mol. The molecule has 64 valence electrons. The minimum atomic E-state index is -0.246. The van der Waals surface area contributed by atoms with E-state index in [0.29, 0.717) is 10.2 Å². The van der Waals surface area contributed by atoms with E-state index in [1.54, 1.807) is 19.2 Å². The fourth-order valence-electron chi connectivity index (χ4n) is 0.672. The second kappa shape index (κ2) is 3.87. The van der Waals surface area contributed by atoms with E-state index in [4.69, 9.17) is 11.6 Å². The minimum Gasteiger partial charge on any atom is -0.354 e. The summed E-state index contributed by atoms with van der Waals surface area (Å²) < 4.78 is 0.678. The molecule has 1 amide bonds. The summed E-state index contributed by atoms with van der Waals surface area (Å²) in [6.45, 7) is 0. The molecule has 0 aliphatic rings. The molecule has 0 bridgehead atoms. The first kappa shape index (κ1) is 9.48. The zero-order valence-corrected chi connectivity index (χ0v) is 8.61. The number of nitrogens with one attached hydrogen (secondary N) is 1. The van der Waals surface area contributed by atoms with Crippen LogP contribution in [-0.2, 0) is 0 Å². The van der Waals surface area contributed by atoms with Crippen LogP contribution in [0.3, 0.4) is 0 Å². The Hall–Kier alpha value is -0.610. The molecular weight excluding hydrogens is 243 g/mol. The third-order valence-corrected chi connectivity index (χ3v) is 2.42. The van der Waals surface area contributed by atoms with Gasteiger partial charge in [-0.15, -0.1) is 0 Å². The highest BCUT2D eigenvalue weighted by molar-refractivity contribution is 9.10. The number of rotatable bonds is 1. The maximum atomic E-state index is 11.0. The number of carbonyl (C=O) groups excluding carboxylic acids is 1. The Kier molecular flexibility index (Phi) is 3.05. The maximum absolute atomic E-state index is 11.0. The number of hydrogen-bond acceptors (Lipinski definition) is 2. The van der Waals surface area contributed by atoms with Crippen molar-refractivity contribution in [1.82, 2.24) is 10.3 Å². The number of aromatic nitrogens is 1. The zero-order chi connectivity index (χ0) is 9.14. The molecule has 0 atom stereocenters. The van der Waals surface area contributed by atoms with Gasteiger partial charge in [0.05, 0.1) is 4.47 Å². The largest absolute Gasteiger partial charge is 0.354 e. The molecule has 0 saturated heterocycles. The molecule has 0 spiro atoms. The Morgan fingerprint density at radius 2 is 2.33 bits per heavy atom. The number of hydrogen-bond donors (Lipinski definition) is 1. The van der Waals surface area contributed by atoms with Crippen LogP contribution < -0.4 is 5.32 Å². The molecule has 1 rings (SSSR count). The van der Waals surface area contributed by atoms with Crippen molar-refractivity contribution < 1.29 is 4.79 Å². The van der Waals surface area contributed by atoms with E-state index in [1.807, 2.05) is 0 Å². The summed E-state index contributed by atoms with van der Waals surface area (Å²) in [5.74, 6) is -0.246. The second-order valence-electron chi connectivity index (χ2n) is 2.05. The van der Waals surface area contributed by atoms with Gasteiger partial charge in [-0.3, -0.25) is 4.79 Å². The van der Waals surface area contributed by atoms with Crippen LogP contribution in [0.5, 0.6) is 0 Å². The normalized spacial score (nSPS) is 9.58. The van der Waals surface area contributed by atoms with Gasteiger partial charge in [-0.1, -0.05) is 11.6 Å². The van der Waals surface area contributed by atoms with Gasteiger partial charge < -0.3 is 5.32 Å². The Labute approximate surface area is 83.3 Å². The van der Waals surface area contributed by atoms with Gasteiger partial charge >= 0.3 is 0 Å². The molecule has 0 unspecified atom stereocenters. The van der Waals surface area contributed by atoms with Crippen LogP contribution in [0.1, 0.15) is 10.5 Å². The minimum absolute atomic E-state index is 0.246. The fourth-order valence-corrected chi connectivity index (χ4v) is 1.05. The first-order chi connectivity index (χ1) is 5.65. The highest BCUT2D eigenvalue weighted by Crippen LogP contribution is 2.19. The van der Waals surface area contributed by atoms with E-state index in [0.717, 1.165) is 0 Å². The van der Waals surface area contributed by atoms with Crippen LogP contribution in [0.2, 0.25) is 5.15 Å². The molecule has 5 heteroatoms. The van der Waals surface area contributed by atoms with E-state index >= 15 is 0 Å². The van der Waals surface area contributed by atoms with E-state index in [9.17, 15) is 4.79 Å².